The lowest BCUT2D eigenvalue weighted by atomic mass is 9.94. The van der Waals surface area contributed by atoms with E-state index in [-0.39, 0.29) is 30.1 Å². The summed E-state index contributed by atoms with van der Waals surface area (Å²) < 4.78 is 6.92. The zero-order valence-corrected chi connectivity index (χ0v) is 20.9. The highest BCUT2D eigenvalue weighted by Crippen LogP contribution is 2.39. The summed E-state index contributed by atoms with van der Waals surface area (Å²) in [7, 11) is 3.21. The first-order chi connectivity index (χ1) is 15.2. The van der Waals surface area contributed by atoms with Gasteiger partial charge in [-0.25, -0.2) is 0 Å². The number of hydrogen-bond donors (Lipinski definition) is 3. The predicted molar refractivity (Wildman–Crippen MR) is 134 cm³/mol. The molecule has 2 atom stereocenters. The maximum atomic E-state index is 13.0. The van der Waals surface area contributed by atoms with Crippen molar-refractivity contribution in [3.05, 3.63) is 63.3 Å². The normalized spacial score (nSPS) is 12.7. The fourth-order valence-corrected chi connectivity index (χ4v) is 4.21. The number of hydrogen-bond acceptors (Lipinski definition) is 4. The van der Waals surface area contributed by atoms with Crippen molar-refractivity contribution in [3.8, 4) is 5.75 Å². The van der Waals surface area contributed by atoms with Crippen LogP contribution in [0.3, 0.4) is 0 Å². The lowest BCUT2D eigenvalue weighted by Crippen LogP contribution is -2.32. The monoisotopic (exact) mass is 512 g/mol. The number of ether oxygens (including phenoxy) is 1. The molecule has 0 radical (unpaired) electrons. The molecule has 0 spiro atoms. The van der Waals surface area contributed by atoms with Gasteiger partial charge in [0.25, 0.3) is 5.91 Å². The van der Waals surface area contributed by atoms with Crippen LogP contribution in [-0.2, 0) is 11.8 Å². The molecular formula is C23H26Cl2N2O5S. The number of aliphatic hydroxyl groups excluding tert-OH is 1. The van der Waals surface area contributed by atoms with Crippen LogP contribution in [0.25, 0.3) is 10.9 Å². The van der Waals surface area contributed by atoms with Gasteiger partial charge in [-0.3, -0.25) is 9.59 Å². The van der Waals surface area contributed by atoms with E-state index < -0.39 is 23.8 Å². The molecule has 178 valence electrons. The van der Waals surface area contributed by atoms with Crippen molar-refractivity contribution in [1.29, 1.82) is 0 Å². The number of halogens is 2. The largest absolute Gasteiger partial charge is 0.495 e. The van der Waals surface area contributed by atoms with E-state index in [0.29, 0.717) is 39.9 Å². The van der Waals surface area contributed by atoms with Crippen molar-refractivity contribution in [2.75, 3.05) is 13.7 Å². The van der Waals surface area contributed by atoms with Gasteiger partial charge in [-0.1, -0.05) is 54.4 Å². The van der Waals surface area contributed by atoms with Crippen LogP contribution in [-0.4, -0.2) is 40.4 Å². The minimum Gasteiger partial charge on any atom is -0.495 e. The van der Waals surface area contributed by atoms with Gasteiger partial charge >= 0.3 is 5.97 Å². The van der Waals surface area contributed by atoms with Crippen LogP contribution in [0.5, 0.6) is 5.75 Å². The summed E-state index contributed by atoms with van der Waals surface area (Å²) >= 11 is 12.6. The average Bonchev–Trinajstić information content (AvgIpc) is 3.11. The first-order valence-corrected chi connectivity index (χ1v) is 10.7. The Hall–Kier alpha value is -2.39. The molecule has 7 nitrogen and oxygen atoms in total. The van der Waals surface area contributed by atoms with Crippen LogP contribution in [0.1, 0.15) is 46.9 Å². The van der Waals surface area contributed by atoms with Gasteiger partial charge in [0.15, 0.2) is 0 Å². The summed E-state index contributed by atoms with van der Waals surface area (Å²) in [6, 6.07) is 9.50. The Morgan fingerprint density at radius 1 is 1.12 bits per heavy atom. The van der Waals surface area contributed by atoms with Crippen molar-refractivity contribution >= 4 is 59.5 Å². The van der Waals surface area contributed by atoms with Crippen molar-refractivity contribution in [2.24, 2.45) is 7.05 Å². The van der Waals surface area contributed by atoms with Crippen molar-refractivity contribution < 1.29 is 24.5 Å². The number of benzene rings is 2. The lowest BCUT2D eigenvalue weighted by Gasteiger charge is -2.18. The van der Waals surface area contributed by atoms with E-state index in [4.69, 9.17) is 27.9 Å². The number of carboxylic acid groups (broad SMARTS) is 1. The Morgan fingerprint density at radius 2 is 1.73 bits per heavy atom. The third kappa shape index (κ3) is 5.24. The molecule has 1 unspecified atom stereocenters. The van der Waals surface area contributed by atoms with E-state index in [1.54, 1.807) is 48.0 Å². The van der Waals surface area contributed by atoms with E-state index in [1.165, 1.54) is 7.11 Å². The summed E-state index contributed by atoms with van der Waals surface area (Å²) in [6.07, 6.45) is 0.466. The summed E-state index contributed by atoms with van der Waals surface area (Å²) in [5.74, 6) is -1.50. The number of carbonyl (C=O) groups is 2. The molecule has 1 heterocycles. The van der Waals surface area contributed by atoms with Gasteiger partial charge in [-0.2, -0.15) is 13.5 Å². The Bertz CT molecular complexity index is 1160. The van der Waals surface area contributed by atoms with E-state index >= 15 is 0 Å². The van der Waals surface area contributed by atoms with E-state index in [9.17, 15) is 19.8 Å². The zero-order chi connectivity index (χ0) is 23.6. The molecular weight excluding hydrogens is 487 g/mol. The third-order valence-corrected chi connectivity index (χ3v) is 6.45. The predicted octanol–water partition coefficient (Wildman–Crippen LogP) is 4.65. The summed E-state index contributed by atoms with van der Waals surface area (Å²) in [6.45, 7) is 1.48. The van der Waals surface area contributed by atoms with Gasteiger partial charge in [0.1, 0.15) is 16.5 Å². The van der Waals surface area contributed by atoms with Crippen LogP contribution >= 0.6 is 36.7 Å². The first kappa shape index (κ1) is 26.9. The van der Waals surface area contributed by atoms with Gasteiger partial charge < -0.3 is 24.8 Å². The van der Waals surface area contributed by atoms with Crippen molar-refractivity contribution in [2.45, 2.75) is 25.3 Å². The Labute approximate surface area is 208 Å². The second-order valence-corrected chi connectivity index (χ2v) is 8.16. The fraction of sp³-hybridized carbons (Fsp3) is 0.304. The molecule has 0 aliphatic carbocycles. The summed E-state index contributed by atoms with van der Waals surface area (Å²) in [4.78, 5) is 24.4. The number of aromatic nitrogens is 1. The molecule has 0 fully saturated rings. The van der Waals surface area contributed by atoms with Crippen LogP contribution in [0, 0.1) is 0 Å². The van der Waals surface area contributed by atoms with Gasteiger partial charge in [0, 0.05) is 18.5 Å². The standard InChI is InChI=1S/C23H24Cl2N2O5.H2S/c1-4-14(23(30)31)12-5-7-13(8-6-12)16(11-28)26-22(29)18-9-15-17(27(18)2)10-19(32-3)21(25)20(15)24;/h5-10,14,16,28H,4,11H2,1-3H3,(H,26,29)(H,30,31);1H2/t14?,16-;/m1./s1. The maximum absolute atomic E-state index is 13.0. The Morgan fingerprint density at radius 3 is 2.24 bits per heavy atom. The molecule has 2 aromatic carbocycles. The molecule has 0 saturated heterocycles. The number of methoxy groups -OCH3 is 1. The number of aliphatic hydroxyl groups is 1. The minimum atomic E-state index is -0.890. The molecule has 1 amide bonds. The third-order valence-electron chi connectivity index (χ3n) is 5.58. The zero-order valence-electron chi connectivity index (χ0n) is 18.4. The molecule has 0 bridgehead atoms. The number of aliphatic carboxylic acids is 1. The number of amides is 1. The molecule has 0 aliphatic rings. The number of nitrogens with one attached hydrogen (secondary N) is 1. The molecule has 3 rings (SSSR count). The van der Waals surface area contributed by atoms with E-state index in [1.807, 2.05) is 6.92 Å². The van der Waals surface area contributed by atoms with Crippen LogP contribution in [0.15, 0.2) is 36.4 Å². The molecule has 0 saturated carbocycles. The van der Waals surface area contributed by atoms with Crippen LogP contribution in [0.4, 0.5) is 0 Å². The number of carbonyl (C=O) groups excluding carboxylic acids is 1. The summed E-state index contributed by atoms with van der Waals surface area (Å²) in [5, 5.41) is 23.2. The number of rotatable bonds is 8. The molecule has 3 aromatic rings. The van der Waals surface area contributed by atoms with Gasteiger partial charge in [0.05, 0.1) is 36.2 Å². The van der Waals surface area contributed by atoms with Crippen LogP contribution in [0.2, 0.25) is 10.0 Å². The minimum absolute atomic E-state index is 0. The fourth-order valence-electron chi connectivity index (χ4n) is 3.73. The number of carboxylic acids is 1. The van der Waals surface area contributed by atoms with Gasteiger partial charge in [0.2, 0.25) is 0 Å². The number of aryl methyl sites for hydroxylation is 1. The molecule has 0 aliphatic heterocycles. The number of fused-ring (bicyclic) bond motifs is 1. The Balaban J connectivity index is 0.00000385. The lowest BCUT2D eigenvalue weighted by molar-refractivity contribution is -0.138. The van der Waals surface area contributed by atoms with Crippen molar-refractivity contribution in [1.82, 2.24) is 9.88 Å². The average molecular weight is 513 g/mol. The SMILES string of the molecule is CCC(C(=O)O)c1ccc([C@@H](CO)NC(=O)c2cc3c(Cl)c(Cl)c(OC)cc3n2C)cc1.S. The highest BCUT2D eigenvalue weighted by Gasteiger charge is 2.22. The second kappa shape index (κ2) is 11.2. The van der Waals surface area contributed by atoms with Gasteiger partial charge in [-0.15, -0.1) is 0 Å². The molecule has 33 heavy (non-hydrogen) atoms. The van der Waals surface area contributed by atoms with E-state index in [2.05, 4.69) is 5.32 Å². The molecule has 10 heteroatoms. The van der Waals surface area contributed by atoms with Crippen molar-refractivity contribution in [3.63, 3.8) is 0 Å². The van der Waals surface area contributed by atoms with E-state index in [0.717, 1.165) is 0 Å². The summed E-state index contributed by atoms with van der Waals surface area (Å²) in [5.41, 5.74) is 2.33. The smallest absolute Gasteiger partial charge is 0.310 e. The Kier molecular flexibility index (Phi) is 9.08. The highest BCUT2D eigenvalue weighted by atomic mass is 35.5. The highest BCUT2D eigenvalue weighted by molar-refractivity contribution is 7.59. The molecule has 1 aromatic heterocycles. The maximum Gasteiger partial charge on any atom is 0.310 e. The number of nitrogens with zero attached hydrogens (tertiary/aromatic N) is 1. The molecule has 3 N–H and O–H groups in total. The first-order valence-electron chi connectivity index (χ1n) is 9.99. The topological polar surface area (TPSA) is 101 Å². The quantitative estimate of drug-likeness (QED) is 0.407. The second-order valence-electron chi connectivity index (χ2n) is 7.40. The van der Waals surface area contributed by atoms with Gasteiger partial charge in [-0.05, 0) is 23.6 Å². The van der Waals surface area contributed by atoms with Crippen LogP contribution < -0.4 is 10.1 Å².